The lowest BCUT2D eigenvalue weighted by Gasteiger charge is -2.26. The van der Waals surface area contributed by atoms with Crippen molar-refractivity contribution in [3.8, 4) is 17.2 Å². The first kappa shape index (κ1) is 18.2. The van der Waals surface area contributed by atoms with E-state index in [1.165, 1.54) is 0 Å². The standard InChI is InChI=1S/C21H22N2O5/c24-20-3-1-2-11-23(20)16-6-4-15(5-7-16)21(25)22-10-12-26-17-8-9-18-19(13-17)28-14-27-18/h4-9,13H,1-3,10-12,14H2,(H,22,25). The predicted molar refractivity (Wildman–Crippen MR) is 103 cm³/mol. The molecule has 2 aromatic rings. The van der Waals surface area contributed by atoms with Crippen molar-refractivity contribution >= 4 is 17.5 Å². The second-order valence-corrected chi connectivity index (χ2v) is 6.67. The van der Waals surface area contributed by atoms with Gasteiger partial charge in [-0.1, -0.05) is 0 Å². The summed E-state index contributed by atoms with van der Waals surface area (Å²) in [5.41, 5.74) is 1.39. The predicted octanol–water partition coefficient (Wildman–Crippen LogP) is 2.74. The molecule has 1 saturated heterocycles. The quantitative estimate of drug-likeness (QED) is 0.778. The maximum absolute atomic E-state index is 12.3. The Kier molecular flexibility index (Phi) is 5.32. The minimum Gasteiger partial charge on any atom is -0.492 e. The van der Waals surface area contributed by atoms with Crippen molar-refractivity contribution in [3.63, 3.8) is 0 Å². The van der Waals surface area contributed by atoms with Crippen LogP contribution < -0.4 is 24.4 Å². The van der Waals surface area contributed by atoms with Crippen LogP contribution in [0.15, 0.2) is 42.5 Å². The van der Waals surface area contributed by atoms with Crippen molar-refractivity contribution in [2.75, 3.05) is 31.4 Å². The van der Waals surface area contributed by atoms with Gasteiger partial charge in [0, 0.05) is 30.3 Å². The van der Waals surface area contributed by atoms with Crippen LogP contribution in [0.25, 0.3) is 0 Å². The summed E-state index contributed by atoms with van der Waals surface area (Å²) in [4.78, 5) is 26.0. The van der Waals surface area contributed by atoms with Crippen LogP contribution in [-0.2, 0) is 4.79 Å². The number of carbonyl (C=O) groups excluding carboxylic acids is 2. The van der Waals surface area contributed by atoms with Gasteiger partial charge in [-0.25, -0.2) is 0 Å². The zero-order valence-corrected chi connectivity index (χ0v) is 15.5. The van der Waals surface area contributed by atoms with Gasteiger partial charge in [-0.05, 0) is 49.2 Å². The van der Waals surface area contributed by atoms with Crippen LogP contribution in [0.1, 0.15) is 29.6 Å². The molecule has 4 rings (SSSR count). The molecular formula is C21H22N2O5. The van der Waals surface area contributed by atoms with Gasteiger partial charge in [-0.15, -0.1) is 0 Å². The summed E-state index contributed by atoms with van der Waals surface area (Å²) in [6.45, 7) is 1.67. The van der Waals surface area contributed by atoms with Crippen molar-refractivity contribution in [3.05, 3.63) is 48.0 Å². The van der Waals surface area contributed by atoms with E-state index in [0.29, 0.717) is 42.4 Å². The maximum atomic E-state index is 12.3. The smallest absolute Gasteiger partial charge is 0.251 e. The van der Waals surface area contributed by atoms with Crippen LogP contribution in [0.5, 0.6) is 17.2 Å². The highest BCUT2D eigenvalue weighted by Crippen LogP contribution is 2.35. The van der Waals surface area contributed by atoms with Crippen molar-refractivity contribution in [1.29, 1.82) is 0 Å². The number of nitrogens with zero attached hydrogens (tertiary/aromatic N) is 1. The van der Waals surface area contributed by atoms with Gasteiger partial charge in [0.15, 0.2) is 11.5 Å². The SMILES string of the molecule is O=C(NCCOc1ccc2c(c1)OCO2)c1ccc(N2CCCCC2=O)cc1. The average molecular weight is 382 g/mol. The Bertz CT molecular complexity index is 866. The molecule has 1 N–H and O–H groups in total. The topological polar surface area (TPSA) is 77.1 Å². The van der Waals surface area contributed by atoms with Gasteiger partial charge in [0.1, 0.15) is 12.4 Å². The fourth-order valence-corrected chi connectivity index (χ4v) is 3.27. The lowest BCUT2D eigenvalue weighted by molar-refractivity contribution is -0.119. The van der Waals surface area contributed by atoms with E-state index in [4.69, 9.17) is 14.2 Å². The molecule has 0 atom stereocenters. The first-order valence-corrected chi connectivity index (χ1v) is 9.42. The van der Waals surface area contributed by atoms with Crippen LogP contribution in [0.4, 0.5) is 5.69 Å². The molecule has 2 aliphatic rings. The summed E-state index contributed by atoms with van der Waals surface area (Å²) in [7, 11) is 0. The fraction of sp³-hybridized carbons (Fsp3) is 0.333. The minimum atomic E-state index is -0.175. The number of rotatable bonds is 6. The fourth-order valence-electron chi connectivity index (χ4n) is 3.27. The van der Waals surface area contributed by atoms with E-state index in [1.54, 1.807) is 35.2 Å². The Morgan fingerprint density at radius 2 is 1.89 bits per heavy atom. The number of ether oxygens (including phenoxy) is 3. The first-order valence-electron chi connectivity index (χ1n) is 9.42. The lowest BCUT2D eigenvalue weighted by Crippen LogP contribution is -2.35. The largest absolute Gasteiger partial charge is 0.492 e. The minimum absolute atomic E-state index is 0.143. The zero-order valence-electron chi connectivity index (χ0n) is 15.5. The third-order valence-electron chi connectivity index (χ3n) is 4.76. The Morgan fingerprint density at radius 3 is 2.71 bits per heavy atom. The summed E-state index contributed by atoms with van der Waals surface area (Å²) in [5.74, 6) is 1.99. The molecule has 0 aromatic heterocycles. The second kappa shape index (κ2) is 8.21. The van der Waals surface area contributed by atoms with E-state index in [0.717, 1.165) is 25.1 Å². The Labute approximate surface area is 163 Å². The highest BCUT2D eigenvalue weighted by Gasteiger charge is 2.19. The molecule has 2 aliphatic heterocycles. The van der Waals surface area contributed by atoms with Crippen LogP contribution in [0, 0.1) is 0 Å². The average Bonchev–Trinajstić information content (AvgIpc) is 3.19. The number of benzene rings is 2. The summed E-state index contributed by atoms with van der Waals surface area (Å²) < 4.78 is 16.2. The molecule has 0 unspecified atom stereocenters. The molecule has 0 radical (unpaired) electrons. The van der Waals surface area contributed by atoms with Crippen LogP contribution >= 0.6 is 0 Å². The number of amides is 2. The van der Waals surface area contributed by atoms with Gasteiger partial charge < -0.3 is 24.4 Å². The lowest BCUT2D eigenvalue weighted by atomic mass is 10.1. The Balaban J connectivity index is 1.25. The molecule has 0 saturated carbocycles. The summed E-state index contributed by atoms with van der Waals surface area (Å²) >= 11 is 0. The Morgan fingerprint density at radius 1 is 1.07 bits per heavy atom. The van der Waals surface area contributed by atoms with E-state index in [2.05, 4.69) is 5.32 Å². The second-order valence-electron chi connectivity index (χ2n) is 6.67. The molecule has 0 aliphatic carbocycles. The van der Waals surface area contributed by atoms with Crippen LogP contribution in [-0.4, -0.2) is 38.3 Å². The molecule has 7 heteroatoms. The van der Waals surface area contributed by atoms with Crippen LogP contribution in [0.2, 0.25) is 0 Å². The number of anilines is 1. The highest BCUT2D eigenvalue weighted by atomic mass is 16.7. The van der Waals surface area contributed by atoms with Crippen molar-refractivity contribution in [2.45, 2.75) is 19.3 Å². The van der Waals surface area contributed by atoms with Gasteiger partial charge in [0.05, 0.1) is 6.54 Å². The molecule has 2 aromatic carbocycles. The van der Waals surface area contributed by atoms with Gasteiger partial charge in [0.25, 0.3) is 5.91 Å². The normalized spacial score (nSPS) is 15.4. The molecule has 1 fully saturated rings. The number of nitrogens with one attached hydrogen (secondary N) is 1. The van der Waals surface area contributed by atoms with E-state index >= 15 is 0 Å². The first-order chi connectivity index (χ1) is 13.7. The summed E-state index contributed by atoms with van der Waals surface area (Å²) in [5, 5.41) is 2.83. The maximum Gasteiger partial charge on any atom is 0.251 e. The molecule has 0 bridgehead atoms. The number of piperidine rings is 1. The van der Waals surface area contributed by atoms with Crippen molar-refractivity contribution < 1.29 is 23.8 Å². The third-order valence-corrected chi connectivity index (χ3v) is 4.76. The zero-order chi connectivity index (χ0) is 19.3. The van der Waals surface area contributed by atoms with Gasteiger partial charge in [-0.2, -0.15) is 0 Å². The molecule has 2 heterocycles. The van der Waals surface area contributed by atoms with Crippen LogP contribution in [0.3, 0.4) is 0 Å². The third kappa shape index (κ3) is 4.03. The van der Waals surface area contributed by atoms with E-state index in [-0.39, 0.29) is 18.6 Å². The van der Waals surface area contributed by atoms with E-state index in [1.807, 2.05) is 12.1 Å². The molecule has 146 valence electrons. The summed E-state index contributed by atoms with van der Waals surface area (Å²) in [6.07, 6.45) is 2.55. The van der Waals surface area contributed by atoms with E-state index < -0.39 is 0 Å². The number of hydrogen-bond acceptors (Lipinski definition) is 5. The van der Waals surface area contributed by atoms with Gasteiger partial charge in [0.2, 0.25) is 12.7 Å². The molecule has 0 spiro atoms. The van der Waals surface area contributed by atoms with Crippen molar-refractivity contribution in [2.24, 2.45) is 0 Å². The molecule has 2 amide bonds. The van der Waals surface area contributed by atoms with E-state index in [9.17, 15) is 9.59 Å². The summed E-state index contributed by atoms with van der Waals surface area (Å²) in [6, 6.07) is 12.5. The van der Waals surface area contributed by atoms with Gasteiger partial charge in [-0.3, -0.25) is 9.59 Å². The number of hydrogen-bond donors (Lipinski definition) is 1. The van der Waals surface area contributed by atoms with Crippen molar-refractivity contribution in [1.82, 2.24) is 5.32 Å². The molecule has 7 nitrogen and oxygen atoms in total. The van der Waals surface area contributed by atoms with Gasteiger partial charge >= 0.3 is 0 Å². The number of fused-ring (bicyclic) bond motifs is 1. The number of carbonyl (C=O) groups is 2. The highest BCUT2D eigenvalue weighted by molar-refractivity contribution is 5.96. The molecule has 28 heavy (non-hydrogen) atoms. The molecular weight excluding hydrogens is 360 g/mol. The Hall–Kier alpha value is -3.22. The monoisotopic (exact) mass is 382 g/mol.